The van der Waals surface area contributed by atoms with Crippen LogP contribution in [0.15, 0.2) is 54.6 Å². The number of carbonyl (C=O) groups is 1. The molecule has 0 saturated carbocycles. The molecule has 1 unspecified atom stereocenters. The molecular weight excluding hydrogens is 407 g/mol. The van der Waals surface area contributed by atoms with E-state index < -0.39 is 23.8 Å². The predicted octanol–water partition coefficient (Wildman–Crippen LogP) is 4.49. The lowest BCUT2D eigenvalue weighted by atomic mass is 10.1. The number of alkyl halides is 3. The first-order chi connectivity index (χ1) is 13.6. The Hall–Kier alpha value is -2.84. The Morgan fingerprint density at radius 2 is 1.76 bits per heavy atom. The SMILES string of the molecule is CC(CO)NC(=O)c1ccc(/C(=C/C(=N)C(F)(F)F)Nc2ccccc2Cl)cc1. The van der Waals surface area contributed by atoms with Gasteiger partial charge in [-0.2, -0.15) is 13.2 Å². The molecule has 5 nitrogen and oxygen atoms in total. The first-order valence-corrected chi connectivity index (χ1v) is 8.90. The number of hydrogen-bond donors (Lipinski definition) is 4. The van der Waals surface area contributed by atoms with E-state index in [9.17, 15) is 18.0 Å². The highest BCUT2D eigenvalue weighted by molar-refractivity contribution is 6.33. The summed E-state index contributed by atoms with van der Waals surface area (Å²) >= 11 is 6.07. The lowest BCUT2D eigenvalue weighted by Crippen LogP contribution is -2.34. The van der Waals surface area contributed by atoms with Gasteiger partial charge in [0.15, 0.2) is 0 Å². The number of aliphatic hydroxyl groups excluding tert-OH is 1. The van der Waals surface area contributed by atoms with E-state index in [2.05, 4.69) is 10.6 Å². The summed E-state index contributed by atoms with van der Waals surface area (Å²) in [5, 5.41) is 22.0. The molecule has 0 fully saturated rings. The molecule has 0 saturated heterocycles. The normalized spacial score (nSPS) is 13.0. The number of halogens is 4. The van der Waals surface area contributed by atoms with Gasteiger partial charge in [-0.25, -0.2) is 0 Å². The van der Waals surface area contributed by atoms with Crippen molar-refractivity contribution in [2.45, 2.75) is 19.1 Å². The Morgan fingerprint density at radius 1 is 1.17 bits per heavy atom. The first kappa shape index (κ1) is 22.4. The van der Waals surface area contributed by atoms with Gasteiger partial charge in [0, 0.05) is 17.3 Å². The van der Waals surface area contributed by atoms with Gasteiger partial charge in [0.1, 0.15) is 5.71 Å². The van der Waals surface area contributed by atoms with E-state index in [-0.39, 0.29) is 17.9 Å². The van der Waals surface area contributed by atoms with Gasteiger partial charge >= 0.3 is 6.18 Å². The third-order valence-electron chi connectivity index (χ3n) is 3.85. The largest absolute Gasteiger partial charge is 0.432 e. The second-order valence-electron chi connectivity index (χ2n) is 6.21. The van der Waals surface area contributed by atoms with Crippen LogP contribution in [0.4, 0.5) is 18.9 Å². The smallest absolute Gasteiger partial charge is 0.394 e. The van der Waals surface area contributed by atoms with Crippen LogP contribution in [-0.2, 0) is 0 Å². The molecule has 0 aliphatic heterocycles. The minimum Gasteiger partial charge on any atom is -0.394 e. The molecule has 1 amide bonds. The van der Waals surface area contributed by atoms with Crippen molar-refractivity contribution in [1.82, 2.24) is 5.32 Å². The molecule has 29 heavy (non-hydrogen) atoms. The van der Waals surface area contributed by atoms with Crippen molar-refractivity contribution < 1.29 is 23.1 Å². The molecule has 2 aromatic rings. The Bertz CT molecular complexity index is 912. The van der Waals surface area contributed by atoms with E-state index in [0.29, 0.717) is 22.3 Å². The Morgan fingerprint density at radius 3 is 2.31 bits per heavy atom. The number of aliphatic hydroxyl groups is 1. The fraction of sp³-hybridized carbons (Fsp3) is 0.200. The molecule has 1 atom stereocenters. The standard InChI is InChI=1S/C20H19ClF3N3O2/c1-12(11-28)26-19(29)14-8-6-13(7-9-14)17(10-18(25)20(22,23)24)27-16-5-3-2-4-15(16)21/h2-10,12,25,27-28H,11H2,1H3,(H,26,29)/b17-10-,25-18?. The summed E-state index contributed by atoms with van der Waals surface area (Å²) in [6, 6.07) is 11.9. The molecular formula is C20H19ClF3N3O2. The summed E-state index contributed by atoms with van der Waals surface area (Å²) in [6.07, 6.45) is -4.15. The van der Waals surface area contributed by atoms with Gasteiger partial charge in [0.2, 0.25) is 0 Å². The Kier molecular flexibility index (Phi) is 7.41. The zero-order valence-electron chi connectivity index (χ0n) is 15.3. The van der Waals surface area contributed by atoms with E-state index in [1.165, 1.54) is 24.3 Å². The van der Waals surface area contributed by atoms with Crippen molar-refractivity contribution in [3.8, 4) is 0 Å². The molecule has 0 bridgehead atoms. The van der Waals surface area contributed by atoms with Crippen LogP contribution in [0.3, 0.4) is 0 Å². The number of hydrogen-bond acceptors (Lipinski definition) is 4. The molecule has 4 N–H and O–H groups in total. The van der Waals surface area contributed by atoms with Crippen LogP contribution in [0.25, 0.3) is 5.70 Å². The number of nitrogens with one attached hydrogen (secondary N) is 3. The van der Waals surface area contributed by atoms with E-state index in [1.807, 2.05) is 0 Å². The van der Waals surface area contributed by atoms with Crippen LogP contribution < -0.4 is 10.6 Å². The molecule has 2 aromatic carbocycles. The maximum absolute atomic E-state index is 12.9. The summed E-state index contributed by atoms with van der Waals surface area (Å²) in [7, 11) is 0. The molecule has 0 aliphatic rings. The maximum atomic E-state index is 12.9. The number of para-hydroxylation sites is 1. The highest BCUT2D eigenvalue weighted by Gasteiger charge is 2.33. The quantitative estimate of drug-likeness (QED) is 0.493. The van der Waals surface area contributed by atoms with Crippen LogP contribution in [0.2, 0.25) is 5.02 Å². The van der Waals surface area contributed by atoms with E-state index in [0.717, 1.165) is 0 Å². The Labute approximate surface area is 170 Å². The molecule has 0 radical (unpaired) electrons. The van der Waals surface area contributed by atoms with Crippen LogP contribution in [0.1, 0.15) is 22.8 Å². The summed E-state index contributed by atoms with van der Waals surface area (Å²) in [6.45, 7) is 1.40. The fourth-order valence-electron chi connectivity index (χ4n) is 2.28. The number of benzene rings is 2. The van der Waals surface area contributed by atoms with Gasteiger partial charge in [-0.3, -0.25) is 10.2 Å². The monoisotopic (exact) mass is 425 g/mol. The second kappa shape index (κ2) is 9.58. The molecule has 2 rings (SSSR count). The summed E-state index contributed by atoms with van der Waals surface area (Å²) in [5.41, 5.74) is -0.571. The van der Waals surface area contributed by atoms with Gasteiger partial charge in [-0.05, 0) is 42.8 Å². The molecule has 9 heteroatoms. The van der Waals surface area contributed by atoms with E-state index in [4.69, 9.17) is 22.1 Å². The van der Waals surface area contributed by atoms with Crippen molar-refractivity contribution in [1.29, 1.82) is 5.41 Å². The van der Waals surface area contributed by atoms with E-state index >= 15 is 0 Å². The maximum Gasteiger partial charge on any atom is 0.432 e. The number of amides is 1. The molecule has 0 spiro atoms. The number of carbonyl (C=O) groups excluding carboxylic acids is 1. The molecule has 0 heterocycles. The van der Waals surface area contributed by atoms with Crippen LogP contribution >= 0.6 is 11.6 Å². The van der Waals surface area contributed by atoms with Gasteiger partial charge in [0.25, 0.3) is 5.91 Å². The van der Waals surface area contributed by atoms with Gasteiger partial charge in [-0.15, -0.1) is 0 Å². The van der Waals surface area contributed by atoms with Crippen LogP contribution in [0.5, 0.6) is 0 Å². The number of allylic oxidation sites excluding steroid dienone is 1. The highest BCUT2D eigenvalue weighted by Crippen LogP contribution is 2.27. The molecule has 0 aliphatic carbocycles. The highest BCUT2D eigenvalue weighted by atomic mass is 35.5. The minimum absolute atomic E-state index is 0.00360. The predicted molar refractivity (Wildman–Crippen MR) is 107 cm³/mol. The number of anilines is 1. The first-order valence-electron chi connectivity index (χ1n) is 8.53. The van der Waals surface area contributed by atoms with Gasteiger partial charge in [0.05, 0.1) is 17.3 Å². The summed E-state index contributed by atoms with van der Waals surface area (Å²) in [5.74, 6) is -0.425. The lowest BCUT2D eigenvalue weighted by molar-refractivity contribution is -0.0583. The lowest BCUT2D eigenvalue weighted by Gasteiger charge is -2.15. The summed E-state index contributed by atoms with van der Waals surface area (Å²) < 4.78 is 38.6. The average molecular weight is 426 g/mol. The summed E-state index contributed by atoms with van der Waals surface area (Å²) in [4.78, 5) is 12.1. The Balaban J connectivity index is 2.36. The van der Waals surface area contributed by atoms with Crippen molar-refractivity contribution in [2.24, 2.45) is 0 Å². The third kappa shape index (κ3) is 6.33. The average Bonchev–Trinajstić information content (AvgIpc) is 2.68. The van der Waals surface area contributed by atoms with Gasteiger partial charge < -0.3 is 15.7 Å². The van der Waals surface area contributed by atoms with Crippen molar-refractivity contribution >= 4 is 34.6 Å². The minimum atomic E-state index is -4.81. The van der Waals surface area contributed by atoms with Gasteiger partial charge in [-0.1, -0.05) is 35.9 Å². The second-order valence-corrected chi connectivity index (χ2v) is 6.62. The van der Waals surface area contributed by atoms with Crippen LogP contribution in [0, 0.1) is 5.41 Å². The van der Waals surface area contributed by atoms with E-state index in [1.54, 1.807) is 31.2 Å². The fourth-order valence-corrected chi connectivity index (χ4v) is 2.46. The zero-order valence-corrected chi connectivity index (χ0v) is 16.1. The van der Waals surface area contributed by atoms with Crippen molar-refractivity contribution in [3.63, 3.8) is 0 Å². The van der Waals surface area contributed by atoms with Crippen molar-refractivity contribution in [2.75, 3.05) is 11.9 Å². The number of rotatable bonds is 7. The molecule has 154 valence electrons. The van der Waals surface area contributed by atoms with Crippen molar-refractivity contribution in [3.05, 3.63) is 70.8 Å². The topological polar surface area (TPSA) is 85.2 Å². The molecule has 0 aromatic heterocycles. The zero-order chi connectivity index (χ0) is 21.6. The van der Waals surface area contributed by atoms with Crippen LogP contribution in [-0.4, -0.2) is 35.6 Å². The third-order valence-corrected chi connectivity index (χ3v) is 4.18.